The zero-order valence-corrected chi connectivity index (χ0v) is 51.0. The number of allylic oxidation sites excluding steroid dienone is 7. The SMILES string of the molecule is CCCCCC/C=C\C/C=C\CCCCCCCC(=O)OCCCCCCCCCCCC/C=C\CCCCCCCCCC(=O)NC(CO)C(O)/C=C/CCCCCCCCCCCCCCCCCCCCCC. The topological polar surface area (TPSA) is 95.9 Å². The van der Waals surface area contributed by atoms with Gasteiger partial charge in [-0.3, -0.25) is 9.59 Å². The Morgan fingerprint density at radius 1 is 0.368 bits per heavy atom. The molecule has 76 heavy (non-hydrogen) atoms. The Bertz CT molecular complexity index is 1270. The first-order valence-corrected chi connectivity index (χ1v) is 33.9. The molecule has 0 spiro atoms. The standard InChI is InChI=1S/C70H131NO5/c1-3-5-7-9-11-13-15-17-19-21-22-23-25-28-31-34-38-42-46-50-54-58-62-68(73)67(66-72)71-69(74)63-59-55-51-47-43-39-35-32-29-26-24-27-30-33-37-41-45-49-53-57-61-65-76-70(75)64-60-56-52-48-44-40-36-20-18-16-14-12-10-8-6-4-2/h14,16,20,26,29,36,58,62,67-68,72-73H,3-13,15,17-19,21-25,27-28,30-35,37-57,59-61,63-66H2,1-2H3,(H,71,74)/b16-14-,29-26-,36-20-,62-58+. The van der Waals surface area contributed by atoms with Crippen LogP contribution in [-0.2, 0) is 14.3 Å². The molecule has 0 heterocycles. The first-order chi connectivity index (χ1) is 37.5. The van der Waals surface area contributed by atoms with E-state index in [1.54, 1.807) is 6.08 Å². The van der Waals surface area contributed by atoms with E-state index in [-0.39, 0.29) is 18.5 Å². The van der Waals surface area contributed by atoms with Crippen molar-refractivity contribution in [3.8, 4) is 0 Å². The van der Waals surface area contributed by atoms with Crippen molar-refractivity contribution in [1.29, 1.82) is 0 Å². The molecule has 0 aliphatic heterocycles. The average molecular weight is 1070 g/mol. The summed E-state index contributed by atoms with van der Waals surface area (Å²) in [4.78, 5) is 24.6. The molecule has 0 aliphatic rings. The molecule has 3 N–H and O–H groups in total. The van der Waals surface area contributed by atoms with Gasteiger partial charge >= 0.3 is 5.97 Å². The first kappa shape index (κ1) is 73.8. The number of amides is 1. The van der Waals surface area contributed by atoms with Crippen molar-refractivity contribution in [3.05, 3.63) is 48.6 Å². The van der Waals surface area contributed by atoms with Gasteiger partial charge in [0.25, 0.3) is 0 Å². The molecule has 6 nitrogen and oxygen atoms in total. The number of unbranched alkanes of at least 4 members (excludes halogenated alkanes) is 46. The fourth-order valence-corrected chi connectivity index (χ4v) is 10.4. The van der Waals surface area contributed by atoms with Gasteiger partial charge in [-0.1, -0.05) is 306 Å². The molecule has 446 valence electrons. The Morgan fingerprint density at radius 2 is 0.658 bits per heavy atom. The van der Waals surface area contributed by atoms with Crippen molar-refractivity contribution in [2.75, 3.05) is 13.2 Å². The second-order valence-electron chi connectivity index (χ2n) is 23.1. The Labute approximate surface area is 474 Å². The summed E-state index contributed by atoms with van der Waals surface area (Å²) in [6, 6.07) is -0.636. The molecule has 1 amide bonds. The lowest BCUT2D eigenvalue weighted by Crippen LogP contribution is -2.45. The lowest BCUT2D eigenvalue weighted by Gasteiger charge is -2.20. The Kier molecular flexibility index (Phi) is 63.5. The molecule has 0 aromatic carbocycles. The molecular formula is C70H131NO5. The first-order valence-electron chi connectivity index (χ1n) is 33.9. The fourth-order valence-electron chi connectivity index (χ4n) is 10.4. The maximum Gasteiger partial charge on any atom is 0.305 e. The van der Waals surface area contributed by atoms with Crippen LogP contribution in [-0.4, -0.2) is 47.4 Å². The third kappa shape index (κ3) is 61.0. The number of hydrogen-bond donors (Lipinski definition) is 3. The van der Waals surface area contributed by atoms with Gasteiger partial charge in [0.1, 0.15) is 0 Å². The molecule has 0 aromatic heterocycles. The number of carbonyl (C=O) groups excluding carboxylic acids is 2. The molecular weight excluding hydrogens is 935 g/mol. The number of aliphatic hydroxyl groups is 2. The van der Waals surface area contributed by atoms with Crippen LogP contribution in [0.1, 0.15) is 361 Å². The van der Waals surface area contributed by atoms with Gasteiger partial charge in [-0.2, -0.15) is 0 Å². The molecule has 0 saturated heterocycles. The minimum atomic E-state index is -0.852. The van der Waals surface area contributed by atoms with E-state index in [9.17, 15) is 19.8 Å². The number of esters is 1. The smallest absolute Gasteiger partial charge is 0.305 e. The molecule has 0 fully saturated rings. The molecule has 0 bridgehead atoms. The normalized spacial score (nSPS) is 12.8. The maximum absolute atomic E-state index is 12.5. The second-order valence-corrected chi connectivity index (χ2v) is 23.1. The monoisotopic (exact) mass is 1070 g/mol. The summed E-state index contributed by atoms with van der Waals surface area (Å²) in [5, 5.41) is 23.2. The third-order valence-electron chi connectivity index (χ3n) is 15.6. The van der Waals surface area contributed by atoms with Crippen LogP contribution in [0.5, 0.6) is 0 Å². The summed E-state index contributed by atoms with van der Waals surface area (Å²) >= 11 is 0. The van der Waals surface area contributed by atoms with Crippen molar-refractivity contribution in [2.45, 2.75) is 373 Å². The summed E-state index contributed by atoms with van der Waals surface area (Å²) in [7, 11) is 0. The average Bonchev–Trinajstić information content (AvgIpc) is 3.42. The van der Waals surface area contributed by atoms with Gasteiger partial charge in [-0.25, -0.2) is 0 Å². The van der Waals surface area contributed by atoms with Crippen LogP contribution >= 0.6 is 0 Å². The van der Waals surface area contributed by atoms with E-state index in [0.29, 0.717) is 19.4 Å². The highest BCUT2D eigenvalue weighted by molar-refractivity contribution is 5.76. The van der Waals surface area contributed by atoms with Crippen molar-refractivity contribution in [2.24, 2.45) is 0 Å². The van der Waals surface area contributed by atoms with Crippen LogP contribution in [0.15, 0.2) is 48.6 Å². The predicted molar refractivity (Wildman–Crippen MR) is 333 cm³/mol. The van der Waals surface area contributed by atoms with E-state index >= 15 is 0 Å². The number of aliphatic hydroxyl groups excluding tert-OH is 2. The van der Waals surface area contributed by atoms with Crippen LogP contribution < -0.4 is 5.32 Å². The summed E-state index contributed by atoms with van der Waals surface area (Å²) < 4.78 is 5.48. The lowest BCUT2D eigenvalue weighted by atomic mass is 10.0. The highest BCUT2D eigenvalue weighted by Gasteiger charge is 2.18. The largest absolute Gasteiger partial charge is 0.466 e. The number of rotatable bonds is 63. The Balaban J connectivity index is 3.46. The van der Waals surface area contributed by atoms with Crippen molar-refractivity contribution >= 4 is 11.9 Å². The maximum atomic E-state index is 12.5. The quantitative estimate of drug-likeness (QED) is 0.0320. The fraction of sp³-hybridized carbons (Fsp3) is 0.857. The number of carbonyl (C=O) groups is 2. The van der Waals surface area contributed by atoms with Gasteiger partial charge in [0.2, 0.25) is 5.91 Å². The molecule has 6 heteroatoms. The molecule has 0 saturated carbocycles. The summed E-state index contributed by atoms with van der Waals surface area (Å²) in [6.45, 7) is 4.90. The summed E-state index contributed by atoms with van der Waals surface area (Å²) in [5.41, 5.74) is 0. The van der Waals surface area contributed by atoms with Gasteiger partial charge in [-0.15, -0.1) is 0 Å². The van der Waals surface area contributed by atoms with E-state index in [2.05, 4.69) is 55.6 Å². The van der Waals surface area contributed by atoms with E-state index in [4.69, 9.17) is 4.74 Å². The van der Waals surface area contributed by atoms with Crippen LogP contribution in [0.3, 0.4) is 0 Å². The summed E-state index contributed by atoms with van der Waals surface area (Å²) in [6.07, 6.45) is 84.5. The van der Waals surface area contributed by atoms with Crippen LogP contribution in [0, 0.1) is 0 Å². The van der Waals surface area contributed by atoms with E-state index in [0.717, 1.165) is 57.8 Å². The van der Waals surface area contributed by atoms with Gasteiger partial charge in [-0.05, 0) is 89.9 Å². The van der Waals surface area contributed by atoms with E-state index in [1.165, 1.54) is 276 Å². The minimum Gasteiger partial charge on any atom is -0.466 e. The van der Waals surface area contributed by atoms with Gasteiger partial charge < -0.3 is 20.3 Å². The Morgan fingerprint density at radius 3 is 1.03 bits per heavy atom. The highest BCUT2D eigenvalue weighted by atomic mass is 16.5. The number of ether oxygens (including phenoxy) is 1. The molecule has 0 aliphatic carbocycles. The molecule has 2 unspecified atom stereocenters. The van der Waals surface area contributed by atoms with Crippen LogP contribution in [0.25, 0.3) is 0 Å². The number of nitrogens with one attached hydrogen (secondary N) is 1. The number of hydrogen-bond acceptors (Lipinski definition) is 5. The molecule has 0 radical (unpaired) electrons. The van der Waals surface area contributed by atoms with Gasteiger partial charge in [0, 0.05) is 12.8 Å². The molecule has 2 atom stereocenters. The van der Waals surface area contributed by atoms with E-state index in [1.807, 2.05) is 6.08 Å². The highest BCUT2D eigenvalue weighted by Crippen LogP contribution is 2.17. The zero-order chi connectivity index (χ0) is 55.0. The summed E-state index contributed by atoms with van der Waals surface area (Å²) in [5.74, 6) is -0.0790. The lowest BCUT2D eigenvalue weighted by molar-refractivity contribution is -0.143. The van der Waals surface area contributed by atoms with E-state index < -0.39 is 12.1 Å². The van der Waals surface area contributed by atoms with Crippen LogP contribution in [0.2, 0.25) is 0 Å². The Hall–Kier alpha value is -2.18. The van der Waals surface area contributed by atoms with Gasteiger partial charge in [0.15, 0.2) is 0 Å². The third-order valence-corrected chi connectivity index (χ3v) is 15.6. The predicted octanol–water partition coefficient (Wildman–Crippen LogP) is 21.7. The van der Waals surface area contributed by atoms with Gasteiger partial charge in [0.05, 0.1) is 25.4 Å². The molecule has 0 rings (SSSR count). The second kappa shape index (κ2) is 65.3. The van der Waals surface area contributed by atoms with Crippen molar-refractivity contribution in [3.63, 3.8) is 0 Å². The zero-order valence-electron chi connectivity index (χ0n) is 51.0. The minimum absolute atomic E-state index is 0.00572. The molecule has 0 aromatic rings. The van der Waals surface area contributed by atoms with Crippen molar-refractivity contribution < 1.29 is 24.5 Å². The van der Waals surface area contributed by atoms with Crippen LogP contribution in [0.4, 0.5) is 0 Å². The van der Waals surface area contributed by atoms with Crippen molar-refractivity contribution in [1.82, 2.24) is 5.32 Å².